The maximum atomic E-state index is 12.4. The number of carbonyl (C=O) groups is 2. The molecule has 0 amide bonds. The molecule has 6 heteroatoms. The lowest BCUT2D eigenvalue weighted by Crippen LogP contribution is -2.33. The maximum absolute atomic E-state index is 12.4. The molecule has 0 saturated carbocycles. The van der Waals surface area contributed by atoms with Gasteiger partial charge in [-0.3, -0.25) is 0 Å². The first-order valence-corrected chi connectivity index (χ1v) is 10.6. The fourth-order valence-corrected chi connectivity index (χ4v) is 3.47. The summed E-state index contributed by atoms with van der Waals surface area (Å²) in [6.07, 6.45) is 2.19. The predicted molar refractivity (Wildman–Crippen MR) is 120 cm³/mol. The van der Waals surface area contributed by atoms with Crippen molar-refractivity contribution in [2.45, 2.75) is 32.8 Å². The van der Waals surface area contributed by atoms with Crippen LogP contribution in [0.25, 0.3) is 0 Å². The minimum absolute atomic E-state index is 0.478. The van der Waals surface area contributed by atoms with Crippen molar-refractivity contribution in [2.75, 3.05) is 26.2 Å². The van der Waals surface area contributed by atoms with Crippen LogP contribution in [0.15, 0.2) is 66.7 Å². The molecule has 0 aliphatic heterocycles. The normalized spacial score (nSPS) is 13.2. The van der Waals surface area contributed by atoms with E-state index >= 15 is 0 Å². The number of carbonyl (C=O) groups excluding carboxylic acids is 1. The first-order valence-electron chi connectivity index (χ1n) is 10.6. The van der Waals surface area contributed by atoms with Gasteiger partial charge in [-0.15, -0.1) is 0 Å². The number of rotatable bonds is 12. The highest BCUT2D eigenvalue weighted by atomic mass is 16.6. The smallest absolute Gasteiger partial charge is 0.332 e. The molecule has 0 heterocycles. The van der Waals surface area contributed by atoms with Gasteiger partial charge >= 0.3 is 11.9 Å². The van der Waals surface area contributed by atoms with Crippen LogP contribution in [0.1, 0.15) is 38.3 Å². The third kappa shape index (κ3) is 6.69. The molecular weight excluding hydrogens is 394 g/mol. The molecule has 6 nitrogen and oxygen atoms in total. The Balaban J connectivity index is 2.27. The van der Waals surface area contributed by atoms with Gasteiger partial charge in [-0.05, 0) is 31.6 Å². The number of carboxylic acids is 1. The van der Waals surface area contributed by atoms with E-state index in [0.717, 1.165) is 48.7 Å². The first kappa shape index (κ1) is 24.2. The molecule has 0 saturated heterocycles. The fourth-order valence-electron chi connectivity index (χ4n) is 3.47. The lowest BCUT2D eigenvalue weighted by Gasteiger charge is -2.33. The number of carboxylic acid groups (broad SMARTS) is 1. The average molecular weight is 426 g/mol. The van der Waals surface area contributed by atoms with Crippen molar-refractivity contribution in [2.24, 2.45) is 0 Å². The van der Waals surface area contributed by atoms with Crippen molar-refractivity contribution in [3.8, 4) is 5.75 Å². The molecule has 1 N–H and O–H groups in total. The quantitative estimate of drug-likeness (QED) is 0.405. The monoisotopic (exact) mass is 425 g/mol. The van der Waals surface area contributed by atoms with Crippen LogP contribution in [-0.4, -0.2) is 48.2 Å². The molecule has 0 fully saturated rings. The van der Waals surface area contributed by atoms with E-state index in [1.807, 2.05) is 61.5 Å². The van der Waals surface area contributed by atoms with Crippen molar-refractivity contribution in [3.05, 3.63) is 77.9 Å². The summed E-state index contributed by atoms with van der Waals surface area (Å²) in [5, 5.41) is 8.81. The zero-order valence-corrected chi connectivity index (χ0v) is 18.4. The van der Waals surface area contributed by atoms with Gasteiger partial charge in [0.25, 0.3) is 0 Å². The molecule has 0 spiro atoms. The van der Waals surface area contributed by atoms with Crippen LogP contribution in [0, 0.1) is 0 Å². The summed E-state index contributed by atoms with van der Waals surface area (Å²) in [5.41, 5.74) is 0.556. The minimum atomic E-state index is -1.20. The van der Waals surface area contributed by atoms with Crippen LogP contribution in [-0.2, 0) is 19.9 Å². The van der Waals surface area contributed by atoms with E-state index in [2.05, 4.69) is 18.7 Å². The standard InChI is InChI=1S/C25H31NO5/c1-4-25(20-10-8-7-9-11-20,31-24(29)17-16-23(27)28)21-12-14-22(15-13-21)30-19-18-26(5-2)6-3/h7-17H,4-6,18-19H2,1-3H3,(H,27,28)/b17-16+. The number of hydrogen-bond acceptors (Lipinski definition) is 5. The summed E-state index contributed by atoms with van der Waals surface area (Å²) in [4.78, 5) is 25.5. The molecule has 1 atom stereocenters. The zero-order chi connectivity index (χ0) is 22.7. The Morgan fingerprint density at radius 2 is 1.55 bits per heavy atom. The number of esters is 1. The van der Waals surface area contributed by atoms with E-state index in [0.29, 0.717) is 13.0 Å². The van der Waals surface area contributed by atoms with Gasteiger partial charge in [0.2, 0.25) is 0 Å². The Morgan fingerprint density at radius 1 is 0.935 bits per heavy atom. The molecule has 1 unspecified atom stereocenters. The number of likely N-dealkylation sites (N-methyl/N-ethyl adjacent to an activating group) is 1. The molecule has 0 aliphatic rings. The molecule has 0 aliphatic carbocycles. The number of aliphatic carboxylic acids is 1. The third-order valence-corrected chi connectivity index (χ3v) is 5.27. The maximum Gasteiger partial charge on any atom is 0.332 e. The van der Waals surface area contributed by atoms with Crippen LogP contribution in [0.4, 0.5) is 0 Å². The van der Waals surface area contributed by atoms with Gasteiger partial charge in [-0.2, -0.15) is 0 Å². The van der Waals surface area contributed by atoms with Crippen LogP contribution >= 0.6 is 0 Å². The highest BCUT2D eigenvalue weighted by Crippen LogP contribution is 2.38. The molecule has 2 aromatic carbocycles. The summed E-state index contributed by atoms with van der Waals surface area (Å²) >= 11 is 0. The Bertz CT molecular complexity index is 859. The van der Waals surface area contributed by atoms with Gasteiger partial charge in [-0.25, -0.2) is 9.59 Å². The lowest BCUT2D eigenvalue weighted by atomic mass is 9.83. The molecular formula is C25H31NO5. The van der Waals surface area contributed by atoms with E-state index in [1.54, 1.807) is 0 Å². The van der Waals surface area contributed by atoms with E-state index in [-0.39, 0.29) is 0 Å². The van der Waals surface area contributed by atoms with Gasteiger partial charge in [0.15, 0.2) is 5.60 Å². The highest BCUT2D eigenvalue weighted by molar-refractivity contribution is 5.91. The first-order chi connectivity index (χ1) is 14.9. The fraction of sp³-hybridized carbons (Fsp3) is 0.360. The molecule has 0 radical (unpaired) electrons. The van der Waals surface area contributed by atoms with E-state index in [9.17, 15) is 9.59 Å². The minimum Gasteiger partial charge on any atom is -0.492 e. The zero-order valence-electron chi connectivity index (χ0n) is 18.4. The second kappa shape index (κ2) is 11.9. The van der Waals surface area contributed by atoms with Crippen molar-refractivity contribution < 1.29 is 24.2 Å². The van der Waals surface area contributed by atoms with Crippen molar-refractivity contribution in [1.82, 2.24) is 4.90 Å². The van der Waals surface area contributed by atoms with E-state index in [1.165, 1.54) is 0 Å². The molecule has 2 rings (SSSR count). The average Bonchev–Trinajstić information content (AvgIpc) is 2.80. The second-order valence-corrected chi connectivity index (χ2v) is 7.04. The Morgan fingerprint density at radius 3 is 2.10 bits per heavy atom. The highest BCUT2D eigenvalue weighted by Gasteiger charge is 2.36. The molecule has 2 aromatic rings. The number of hydrogen-bond donors (Lipinski definition) is 1. The lowest BCUT2D eigenvalue weighted by molar-refractivity contribution is -0.151. The summed E-state index contributed by atoms with van der Waals surface area (Å²) in [5.74, 6) is -1.18. The molecule has 0 bridgehead atoms. The number of benzene rings is 2. The van der Waals surface area contributed by atoms with Gasteiger partial charge in [0, 0.05) is 29.8 Å². The van der Waals surface area contributed by atoms with Crippen LogP contribution in [0.3, 0.4) is 0 Å². The van der Waals surface area contributed by atoms with Crippen LogP contribution in [0.5, 0.6) is 5.75 Å². The van der Waals surface area contributed by atoms with Gasteiger partial charge in [0.1, 0.15) is 12.4 Å². The summed E-state index contributed by atoms with van der Waals surface area (Å²) in [6.45, 7) is 9.58. The number of ether oxygens (including phenoxy) is 2. The van der Waals surface area contributed by atoms with Crippen LogP contribution < -0.4 is 4.74 Å². The summed E-state index contributed by atoms with van der Waals surface area (Å²) in [6, 6.07) is 16.9. The largest absolute Gasteiger partial charge is 0.492 e. The van der Waals surface area contributed by atoms with Crippen molar-refractivity contribution in [1.29, 1.82) is 0 Å². The predicted octanol–water partition coefficient (Wildman–Crippen LogP) is 4.24. The van der Waals surface area contributed by atoms with Gasteiger partial charge < -0.3 is 19.5 Å². The Labute approximate surface area is 184 Å². The molecule has 166 valence electrons. The van der Waals surface area contributed by atoms with Gasteiger partial charge in [0.05, 0.1) is 0 Å². The van der Waals surface area contributed by atoms with Crippen molar-refractivity contribution >= 4 is 11.9 Å². The second-order valence-electron chi connectivity index (χ2n) is 7.04. The summed E-state index contributed by atoms with van der Waals surface area (Å²) in [7, 11) is 0. The Hall–Kier alpha value is -3.12. The SMILES string of the molecule is CCN(CC)CCOc1ccc(C(CC)(OC(=O)/C=C/C(=O)O)c2ccccc2)cc1. The summed E-state index contributed by atoms with van der Waals surface area (Å²) < 4.78 is 11.7. The topological polar surface area (TPSA) is 76.1 Å². The van der Waals surface area contributed by atoms with E-state index in [4.69, 9.17) is 14.6 Å². The van der Waals surface area contributed by atoms with Gasteiger partial charge in [-0.1, -0.05) is 63.2 Å². The van der Waals surface area contributed by atoms with Crippen molar-refractivity contribution in [3.63, 3.8) is 0 Å². The third-order valence-electron chi connectivity index (χ3n) is 5.27. The molecule has 0 aromatic heterocycles. The number of nitrogens with zero attached hydrogens (tertiary/aromatic N) is 1. The van der Waals surface area contributed by atoms with E-state index < -0.39 is 17.5 Å². The molecule has 31 heavy (non-hydrogen) atoms. The van der Waals surface area contributed by atoms with Crippen LogP contribution in [0.2, 0.25) is 0 Å². The Kier molecular flexibility index (Phi) is 9.28.